The lowest BCUT2D eigenvalue weighted by Gasteiger charge is -1.97. The lowest BCUT2D eigenvalue weighted by Crippen LogP contribution is -1.88. The Hall–Kier alpha value is 0.0600. The van der Waals surface area contributed by atoms with Gasteiger partial charge in [0.1, 0.15) is 0 Å². The summed E-state index contributed by atoms with van der Waals surface area (Å²) in [7, 11) is 0. The van der Waals surface area contributed by atoms with E-state index >= 15 is 0 Å². The zero-order chi connectivity index (χ0) is 10.1. The fourth-order valence-corrected chi connectivity index (χ4v) is 3.59. The molecular weight excluding hydrogens is 327 g/mol. The minimum atomic E-state index is 0.691. The lowest BCUT2D eigenvalue weighted by molar-refractivity contribution is 0.344. The average Bonchev–Trinajstić information content (AvgIpc) is 2.48. The number of ether oxygens (including phenoxy) is 1. The predicted molar refractivity (Wildman–Crippen MR) is 73.0 cm³/mol. The van der Waals surface area contributed by atoms with Gasteiger partial charge in [0.25, 0.3) is 0 Å². The maximum atomic E-state index is 5.52. The molecule has 0 saturated heterocycles. The first-order valence-electron chi connectivity index (χ1n) is 4.26. The van der Waals surface area contributed by atoms with Gasteiger partial charge in [0.2, 0.25) is 0 Å². The minimum Gasteiger partial charge on any atom is -0.483 e. The van der Waals surface area contributed by atoms with Crippen molar-refractivity contribution in [1.82, 2.24) is 0 Å². The van der Waals surface area contributed by atoms with E-state index in [1.54, 1.807) is 11.3 Å². The number of rotatable bonds is 2. The second-order valence-corrected chi connectivity index (χ2v) is 5.38. The summed E-state index contributed by atoms with van der Waals surface area (Å²) in [6, 6.07) is 6.23. The third kappa shape index (κ3) is 1.75. The van der Waals surface area contributed by atoms with Crippen LogP contribution in [0.25, 0.3) is 10.1 Å². The van der Waals surface area contributed by atoms with Crippen molar-refractivity contribution in [2.24, 2.45) is 0 Å². The van der Waals surface area contributed by atoms with Crippen LogP contribution in [-0.2, 0) is 0 Å². The molecule has 0 unspecified atom stereocenters. The maximum absolute atomic E-state index is 5.52. The highest BCUT2D eigenvalue weighted by molar-refractivity contribution is 14.1. The van der Waals surface area contributed by atoms with E-state index in [9.17, 15) is 0 Å². The molecule has 0 fully saturated rings. The van der Waals surface area contributed by atoms with E-state index in [1.807, 2.05) is 13.0 Å². The molecule has 0 N–H and O–H groups in total. The van der Waals surface area contributed by atoms with Crippen molar-refractivity contribution in [3.8, 4) is 5.06 Å². The summed E-state index contributed by atoms with van der Waals surface area (Å²) in [6.07, 6.45) is 0. The molecule has 0 spiro atoms. The van der Waals surface area contributed by atoms with Crippen molar-refractivity contribution in [2.45, 2.75) is 11.8 Å². The second-order valence-electron chi connectivity index (χ2n) is 2.79. The van der Waals surface area contributed by atoms with E-state index in [1.165, 1.54) is 13.7 Å². The summed E-state index contributed by atoms with van der Waals surface area (Å²) >= 11 is 8.48. The molecule has 0 bridgehead atoms. The van der Waals surface area contributed by atoms with Crippen LogP contribution < -0.4 is 4.74 Å². The first-order valence-corrected chi connectivity index (χ1v) is 6.61. The van der Waals surface area contributed by atoms with Gasteiger partial charge in [-0.3, -0.25) is 0 Å². The Morgan fingerprint density at radius 2 is 2.29 bits per heavy atom. The molecule has 2 aromatic rings. The van der Waals surface area contributed by atoms with Crippen LogP contribution in [0.4, 0.5) is 0 Å². The number of halogens is 1. The van der Waals surface area contributed by atoms with Gasteiger partial charge < -0.3 is 4.74 Å². The summed E-state index contributed by atoms with van der Waals surface area (Å²) in [5.74, 6) is 0. The van der Waals surface area contributed by atoms with Crippen LogP contribution in [0.15, 0.2) is 23.1 Å². The van der Waals surface area contributed by atoms with E-state index in [0.717, 1.165) is 9.96 Å². The second kappa shape index (κ2) is 4.28. The minimum absolute atomic E-state index is 0.691. The Morgan fingerprint density at radius 3 is 2.93 bits per heavy atom. The summed E-state index contributed by atoms with van der Waals surface area (Å²) in [6.45, 7) is 2.68. The van der Waals surface area contributed by atoms with Gasteiger partial charge in [-0.05, 0) is 35.6 Å². The molecule has 2 rings (SSSR count). The molecule has 1 nitrogen and oxygen atoms in total. The number of thiol groups is 1. The van der Waals surface area contributed by atoms with E-state index in [-0.39, 0.29) is 0 Å². The first-order chi connectivity index (χ1) is 6.74. The quantitative estimate of drug-likeness (QED) is 0.639. The smallest absolute Gasteiger partial charge is 0.188 e. The van der Waals surface area contributed by atoms with E-state index in [0.29, 0.717) is 6.61 Å². The molecule has 0 amide bonds. The van der Waals surface area contributed by atoms with Gasteiger partial charge in [0, 0.05) is 8.96 Å². The van der Waals surface area contributed by atoms with Crippen molar-refractivity contribution < 1.29 is 4.74 Å². The summed E-state index contributed by atoms with van der Waals surface area (Å²) in [5.41, 5.74) is 0. The highest BCUT2D eigenvalue weighted by Gasteiger charge is 2.11. The van der Waals surface area contributed by atoms with Crippen LogP contribution in [0.5, 0.6) is 5.06 Å². The third-order valence-corrected chi connectivity index (χ3v) is 4.90. The van der Waals surface area contributed by atoms with Gasteiger partial charge in [-0.2, -0.15) is 0 Å². The lowest BCUT2D eigenvalue weighted by atomic mass is 10.3. The normalized spacial score (nSPS) is 10.8. The van der Waals surface area contributed by atoms with Crippen LogP contribution in [0.2, 0.25) is 0 Å². The van der Waals surface area contributed by atoms with E-state index in [2.05, 4.69) is 47.4 Å². The average molecular weight is 336 g/mol. The molecule has 0 radical (unpaired) electrons. The van der Waals surface area contributed by atoms with Crippen LogP contribution in [0.1, 0.15) is 6.92 Å². The topological polar surface area (TPSA) is 9.23 Å². The van der Waals surface area contributed by atoms with Crippen LogP contribution in [0.3, 0.4) is 0 Å². The molecule has 74 valence electrons. The maximum Gasteiger partial charge on any atom is 0.188 e. The highest BCUT2D eigenvalue weighted by Crippen LogP contribution is 2.41. The number of hydrogen-bond acceptors (Lipinski definition) is 3. The molecule has 0 aliphatic heterocycles. The summed E-state index contributed by atoms with van der Waals surface area (Å²) < 4.78 is 8.04. The molecular formula is C10H9IOS2. The van der Waals surface area contributed by atoms with Crippen molar-refractivity contribution in [3.63, 3.8) is 0 Å². The zero-order valence-corrected chi connectivity index (χ0v) is 11.4. The van der Waals surface area contributed by atoms with Crippen LogP contribution in [-0.4, -0.2) is 6.61 Å². The summed E-state index contributed by atoms with van der Waals surface area (Å²) in [5, 5.41) is 2.11. The predicted octanol–water partition coefficient (Wildman–Crippen LogP) is 4.19. The fourth-order valence-electron chi connectivity index (χ4n) is 1.28. The van der Waals surface area contributed by atoms with Crippen LogP contribution in [0, 0.1) is 3.57 Å². The third-order valence-electron chi connectivity index (χ3n) is 1.89. The van der Waals surface area contributed by atoms with E-state index < -0.39 is 0 Å². The van der Waals surface area contributed by atoms with Crippen molar-refractivity contribution in [2.75, 3.05) is 6.61 Å². The van der Waals surface area contributed by atoms with Crippen molar-refractivity contribution in [1.29, 1.82) is 0 Å². The van der Waals surface area contributed by atoms with Gasteiger partial charge in [-0.25, -0.2) is 0 Å². The molecule has 1 aromatic heterocycles. The van der Waals surface area contributed by atoms with Gasteiger partial charge in [0.15, 0.2) is 5.06 Å². The molecule has 14 heavy (non-hydrogen) atoms. The Kier molecular flexibility index (Phi) is 3.23. The highest BCUT2D eigenvalue weighted by atomic mass is 127. The van der Waals surface area contributed by atoms with Gasteiger partial charge in [0.05, 0.1) is 16.2 Å². The first kappa shape index (κ1) is 10.6. The van der Waals surface area contributed by atoms with Crippen molar-refractivity contribution >= 4 is 56.6 Å². The molecule has 4 heteroatoms. The number of benzene rings is 1. The molecule has 0 saturated carbocycles. The standard InChI is InChI=1S/C10H9IOS2/c1-2-12-10-8(13)6-4-3-5-7(11)9(6)14-10/h3-5,13H,2H2,1H3. The molecule has 0 aliphatic carbocycles. The van der Waals surface area contributed by atoms with Crippen LogP contribution >= 0.6 is 46.6 Å². The largest absolute Gasteiger partial charge is 0.483 e. The Bertz CT molecular complexity index is 464. The Morgan fingerprint density at radius 1 is 1.50 bits per heavy atom. The van der Waals surface area contributed by atoms with Gasteiger partial charge >= 0.3 is 0 Å². The Labute approximate surface area is 106 Å². The SMILES string of the molecule is CCOc1sc2c(I)cccc2c1S. The fraction of sp³-hybridized carbons (Fsp3) is 0.200. The molecule has 0 aliphatic rings. The summed E-state index contributed by atoms with van der Waals surface area (Å²) in [4.78, 5) is 0.963. The van der Waals surface area contributed by atoms with Crippen molar-refractivity contribution in [3.05, 3.63) is 21.8 Å². The molecule has 0 atom stereocenters. The van der Waals surface area contributed by atoms with Gasteiger partial charge in [-0.15, -0.1) is 12.6 Å². The zero-order valence-electron chi connectivity index (χ0n) is 7.58. The number of thiophene rings is 1. The number of fused-ring (bicyclic) bond motifs is 1. The molecule has 1 aromatic carbocycles. The number of hydrogen-bond donors (Lipinski definition) is 1. The monoisotopic (exact) mass is 336 g/mol. The Balaban J connectivity index is 2.67. The van der Waals surface area contributed by atoms with E-state index in [4.69, 9.17) is 4.74 Å². The molecule has 1 heterocycles. The van der Waals surface area contributed by atoms with Gasteiger partial charge in [-0.1, -0.05) is 23.5 Å².